The minimum atomic E-state index is -0.545. The average molecular weight is 255 g/mol. The van der Waals surface area contributed by atoms with E-state index < -0.39 is 10.8 Å². The number of nitrogens with one attached hydrogen (secondary N) is 1. The molecule has 0 aliphatic rings. The van der Waals surface area contributed by atoms with Crippen molar-refractivity contribution in [2.75, 3.05) is 6.61 Å². The van der Waals surface area contributed by atoms with Crippen LogP contribution in [0.5, 0.6) is 0 Å². The van der Waals surface area contributed by atoms with Gasteiger partial charge in [-0.3, -0.25) is 4.79 Å². The summed E-state index contributed by atoms with van der Waals surface area (Å²) in [6.45, 7) is 3.54. The third kappa shape index (κ3) is 2.86. The molecule has 2 N–H and O–H groups in total. The summed E-state index contributed by atoms with van der Waals surface area (Å²) in [5.74, 6) is -0.606. The number of hydrogen-bond donors (Lipinski definition) is 2. The second-order valence-electron chi connectivity index (χ2n) is 4.31. The van der Waals surface area contributed by atoms with E-state index in [2.05, 4.69) is 5.32 Å². The van der Waals surface area contributed by atoms with Gasteiger partial charge in [0.15, 0.2) is 5.69 Å². The van der Waals surface area contributed by atoms with Gasteiger partial charge in [0.25, 0.3) is 5.91 Å². The van der Waals surface area contributed by atoms with Gasteiger partial charge < -0.3 is 20.5 Å². The summed E-state index contributed by atoms with van der Waals surface area (Å²) in [4.78, 5) is 22.0. The molecule has 1 aromatic rings. The van der Waals surface area contributed by atoms with Gasteiger partial charge in [0.05, 0.1) is 7.05 Å². The molecular formula is C11H17N3O4. The Bertz CT molecular complexity index is 455. The number of nitro groups is 1. The van der Waals surface area contributed by atoms with E-state index in [9.17, 15) is 14.9 Å². The monoisotopic (exact) mass is 255 g/mol. The van der Waals surface area contributed by atoms with Crippen LogP contribution in [0, 0.1) is 16.0 Å². The number of hydrogen-bond acceptors (Lipinski definition) is 4. The SMILES string of the molecule is CC(CO)C(C)NC(=O)c1ccc([N+](=O)[O-])n1C. The summed E-state index contributed by atoms with van der Waals surface area (Å²) in [5.41, 5.74) is 0.221. The van der Waals surface area contributed by atoms with E-state index in [-0.39, 0.29) is 30.1 Å². The fourth-order valence-electron chi connectivity index (χ4n) is 1.49. The molecule has 0 fully saturated rings. The van der Waals surface area contributed by atoms with Crippen molar-refractivity contribution < 1.29 is 14.8 Å². The van der Waals surface area contributed by atoms with Gasteiger partial charge in [-0.15, -0.1) is 0 Å². The summed E-state index contributed by atoms with van der Waals surface area (Å²) in [7, 11) is 1.47. The lowest BCUT2D eigenvalue weighted by Crippen LogP contribution is -2.39. The van der Waals surface area contributed by atoms with Gasteiger partial charge in [-0.2, -0.15) is 0 Å². The normalized spacial score (nSPS) is 14.0. The van der Waals surface area contributed by atoms with Crippen LogP contribution in [0.1, 0.15) is 24.3 Å². The molecule has 1 amide bonds. The minimum absolute atomic E-state index is 0.0330. The highest BCUT2D eigenvalue weighted by Gasteiger charge is 2.22. The molecule has 0 aliphatic heterocycles. The van der Waals surface area contributed by atoms with Gasteiger partial charge in [0.2, 0.25) is 0 Å². The number of amides is 1. The molecule has 7 heteroatoms. The van der Waals surface area contributed by atoms with Crippen LogP contribution in [0.3, 0.4) is 0 Å². The highest BCUT2D eigenvalue weighted by atomic mass is 16.6. The van der Waals surface area contributed by atoms with E-state index >= 15 is 0 Å². The van der Waals surface area contributed by atoms with E-state index in [4.69, 9.17) is 5.11 Å². The number of aliphatic hydroxyl groups is 1. The molecule has 0 aliphatic carbocycles. The third-order valence-corrected chi connectivity index (χ3v) is 3.02. The fraction of sp³-hybridized carbons (Fsp3) is 0.545. The van der Waals surface area contributed by atoms with Crippen molar-refractivity contribution in [3.63, 3.8) is 0 Å². The second-order valence-corrected chi connectivity index (χ2v) is 4.31. The lowest BCUT2D eigenvalue weighted by molar-refractivity contribution is -0.391. The van der Waals surface area contributed by atoms with Gasteiger partial charge in [-0.25, -0.2) is 4.57 Å². The first-order chi connectivity index (χ1) is 8.38. The molecule has 0 bridgehead atoms. The van der Waals surface area contributed by atoms with Crippen LogP contribution >= 0.6 is 0 Å². The van der Waals surface area contributed by atoms with Gasteiger partial charge in [-0.1, -0.05) is 6.92 Å². The molecule has 0 spiro atoms. The topological polar surface area (TPSA) is 97.4 Å². The van der Waals surface area contributed by atoms with Crippen LogP contribution in [0.15, 0.2) is 12.1 Å². The fourth-order valence-corrected chi connectivity index (χ4v) is 1.49. The van der Waals surface area contributed by atoms with Crippen LogP contribution < -0.4 is 5.32 Å². The summed E-state index contributed by atoms with van der Waals surface area (Å²) in [6.07, 6.45) is 0. The molecule has 100 valence electrons. The van der Waals surface area contributed by atoms with Gasteiger partial charge >= 0.3 is 5.82 Å². The molecule has 1 heterocycles. The summed E-state index contributed by atoms with van der Waals surface area (Å²) in [5, 5.41) is 22.3. The van der Waals surface area contributed by atoms with E-state index in [1.165, 1.54) is 23.7 Å². The predicted octanol–water partition coefficient (Wildman–Crippen LogP) is 0.680. The van der Waals surface area contributed by atoms with Crippen LogP contribution in [0.4, 0.5) is 5.82 Å². The third-order valence-electron chi connectivity index (χ3n) is 3.02. The van der Waals surface area contributed by atoms with E-state index in [1.807, 2.05) is 0 Å². The second kappa shape index (κ2) is 5.63. The standard InChI is InChI=1S/C11H17N3O4/c1-7(6-15)8(2)12-11(16)9-4-5-10(13(9)3)14(17)18/h4-5,7-8,15H,6H2,1-3H3,(H,12,16). The van der Waals surface area contributed by atoms with Crippen LogP contribution in [-0.4, -0.2) is 33.2 Å². The van der Waals surface area contributed by atoms with Gasteiger partial charge in [0.1, 0.15) is 0 Å². The van der Waals surface area contributed by atoms with E-state index in [0.717, 1.165) is 0 Å². The zero-order chi connectivity index (χ0) is 13.9. The van der Waals surface area contributed by atoms with Crippen molar-refractivity contribution in [1.82, 2.24) is 9.88 Å². The number of rotatable bonds is 5. The zero-order valence-electron chi connectivity index (χ0n) is 10.6. The Morgan fingerprint density at radius 2 is 2.17 bits per heavy atom. The molecule has 2 unspecified atom stereocenters. The summed E-state index contributed by atoms with van der Waals surface area (Å²) >= 11 is 0. The maximum atomic E-state index is 11.9. The quantitative estimate of drug-likeness (QED) is 0.597. The molecule has 0 radical (unpaired) electrons. The number of aromatic nitrogens is 1. The molecular weight excluding hydrogens is 238 g/mol. The Balaban J connectivity index is 2.82. The molecule has 18 heavy (non-hydrogen) atoms. The first-order valence-corrected chi connectivity index (χ1v) is 5.60. The zero-order valence-corrected chi connectivity index (χ0v) is 10.6. The Kier molecular flexibility index (Phi) is 4.43. The Morgan fingerprint density at radius 3 is 2.61 bits per heavy atom. The average Bonchev–Trinajstić information content (AvgIpc) is 2.69. The number of nitrogens with zero attached hydrogens (tertiary/aromatic N) is 2. The van der Waals surface area contributed by atoms with Crippen molar-refractivity contribution in [2.24, 2.45) is 13.0 Å². The highest BCUT2D eigenvalue weighted by Crippen LogP contribution is 2.15. The highest BCUT2D eigenvalue weighted by molar-refractivity contribution is 5.93. The molecule has 7 nitrogen and oxygen atoms in total. The molecule has 0 saturated heterocycles. The van der Waals surface area contributed by atoms with Crippen molar-refractivity contribution in [1.29, 1.82) is 0 Å². The van der Waals surface area contributed by atoms with Crippen LogP contribution in [-0.2, 0) is 7.05 Å². The molecule has 1 rings (SSSR count). The summed E-state index contributed by atoms with van der Waals surface area (Å²) < 4.78 is 1.23. The molecule has 0 saturated carbocycles. The van der Waals surface area contributed by atoms with Crippen molar-refractivity contribution in [3.05, 3.63) is 27.9 Å². The van der Waals surface area contributed by atoms with Crippen LogP contribution in [0.25, 0.3) is 0 Å². The predicted molar refractivity (Wildman–Crippen MR) is 65.2 cm³/mol. The Morgan fingerprint density at radius 1 is 1.56 bits per heavy atom. The summed E-state index contributed by atoms with van der Waals surface area (Å²) in [6, 6.07) is 2.48. The Labute approximate surface area is 105 Å². The lowest BCUT2D eigenvalue weighted by atomic mass is 10.1. The van der Waals surface area contributed by atoms with E-state index in [0.29, 0.717) is 0 Å². The molecule has 0 aromatic carbocycles. The Hall–Kier alpha value is -1.89. The smallest absolute Gasteiger partial charge is 0.323 e. The van der Waals surface area contributed by atoms with E-state index in [1.54, 1.807) is 13.8 Å². The molecule has 2 atom stereocenters. The maximum absolute atomic E-state index is 11.9. The van der Waals surface area contributed by atoms with Gasteiger partial charge in [-0.05, 0) is 23.8 Å². The first kappa shape index (κ1) is 14.2. The van der Waals surface area contributed by atoms with Crippen molar-refractivity contribution in [2.45, 2.75) is 19.9 Å². The minimum Gasteiger partial charge on any atom is -0.396 e. The number of carbonyl (C=O) groups excluding carboxylic acids is 1. The van der Waals surface area contributed by atoms with Crippen molar-refractivity contribution in [3.8, 4) is 0 Å². The first-order valence-electron chi connectivity index (χ1n) is 5.60. The van der Waals surface area contributed by atoms with Crippen molar-refractivity contribution >= 4 is 11.7 Å². The lowest BCUT2D eigenvalue weighted by Gasteiger charge is -2.18. The number of carbonyl (C=O) groups is 1. The largest absolute Gasteiger partial charge is 0.396 e. The van der Waals surface area contributed by atoms with Crippen LogP contribution in [0.2, 0.25) is 0 Å². The number of aliphatic hydroxyl groups excluding tert-OH is 1. The maximum Gasteiger partial charge on any atom is 0.323 e. The molecule has 1 aromatic heterocycles. The van der Waals surface area contributed by atoms with Gasteiger partial charge in [0, 0.05) is 18.7 Å².